The first-order chi connectivity index (χ1) is 7.18. The summed E-state index contributed by atoms with van der Waals surface area (Å²) in [6.07, 6.45) is 1.16. The van der Waals surface area contributed by atoms with E-state index in [0.29, 0.717) is 0 Å². The van der Waals surface area contributed by atoms with Crippen LogP contribution < -0.4 is 21.8 Å². The molecule has 0 radical (unpaired) electrons. The van der Waals surface area contributed by atoms with Crippen LogP contribution in [-0.2, 0) is 4.79 Å². The number of amides is 1. The minimum Gasteiger partial charge on any atom is -0.279 e. The van der Waals surface area contributed by atoms with Crippen LogP contribution in [0, 0.1) is 5.41 Å². The predicted molar refractivity (Wildman–Crippen MR) is 46.2 cm³/mol. The van der Waals surface area contributed by atoms with Crippen molar-refractivity contribution in [3.63, 3.8) is 0 Å². The van der Waals surface area contributed by atoms with Crippen LogP contribution in [0.4, 0.5) is 0 Å². The molecule has 2 rings (SSSR count). The summed E-state index contributed by atoms with van der Waals surface area (Å²) in [6.45, 7) is 0. The van der Waals surface area contributed by atoms with E-state index < -0.39 is 11.5 Å². The van der Waals surface area contributed by atoms with Gasteiger partial charge in [-0.3, -0.25) is 15.0 Å². The fourth-order valence-corrected chi connectivity index (χ4v) is 0.825. The van der Waals surface area contributed by atoms with Crippen LogP contribution in [-0.4, -0.2) is 28.0 Å². The van der Waals surface area contributed by atoms with Crippen LogP contribution in [0.2, 0.25) is 0 Å². The Morgan fingerprint density at radius 1 is 1.27 bits per heavy atom. The zero-order chi connectivity index (χ0) is 10.8. The number of carbonyl (C=O) groups excluding carboxylic acids is 1. The van der Waals surface area contributed by atoms with E-state index in [0.717, 1.165) is 6.21 Å². The van der Waals surface area contributed by atoms with Gasteiger partial charge in [-0.15, -0.1) is 20.4 Å². The maximum Gasteiger partial charge on any atom is 0.319 e. The Labute approximate surface area is 81.1 Å². The van der Waals surface area contributed by atoms with E-state index in [9.17, 15) is 9.59 Å². The summed E-state index contributed by atoms with van der Waals surface area (Å²) in [5.74, 6) is -0.523. The smallest absolute Gasteiger partial charge is 0.279 e. The molecule has 1 aromatic rings. The van der Waals surface area contributed by atoms with Crippen molar-refractivity contribution in [2.75, 3.05) is 0 Å². The Bertz CT molecular complexity index is 588. The number of carbonyl (C=O) groups is 1. The van der Waals surface area contributed by atoms with E-state index in [1.807, 2.05) is 0 Å². The second-order valence-electron chi connectivity index (χ2n) is 2.49. The van der Waals surface area contributed by atoms with Crippen LogP contribution in [0.1, 0.15) is 0 Å². The molecule has 2 heterocycles. The Hall–Kier alpha value is -2.58. The molecule has 0 saturated heterocycles. The molecule has 1 aromatic heterocycles. The Morgan fingerprint density at radius 2 is 2.07 bits per heavy atom. The molecule has 0 bridgehead atoms. The molecule has 1 aliphatic rings. The number of hydrazone groups is 1. The first-order valence-electron chi connectivity index (χ1n) is 3.72. The van der Waals surface area contributed by atoms with Gasteiger partial charge in [0.05, 0.1) is 6.21 Å². The van der Waals surface area contributed by atoms with E-state index in [1.54, 1.807) is 0 Å². The Kier molecular flexibility index (Phi) is 1.97. The molecule has 15 heavy (non-hydrogen) atoms. The van der Waals surface area contributed by atoms with Gasteiger partial charge in [0, 0.05) is 0 Å². The van der Waals surface area contributed by atoms with Crippen LogP contribution in [0.25, 0.3) is 0 Å². The van der Waals surface area contributed by atoms with Crippen molar-refractivity contribution in [3.05, 3.63) is 21.2 Å². The number of aromatic nitrogens is 2. The van der Waals surface area contributed by atoms with Crippen molar-refractivity contribution in [3.8, 4) is 0 Å². The van der Waals surface area contributed by atoms with Crippen LogP contribution >= 0.6 is 0 Å². The molecule has 1 aliphatic heterocycles. The molecule has 0 aliphatic carbocycles. The highest BCUT2D eigenvalue weighted by Gasteiger charge is 2.13. The summed E-state index contributed by atoms with van der Waals surface area (Å²) in [4.78, 5) is 21.9. The van der Waals surface area contributed by atoms with Gasteiger partial charge >= 0.3 is 5.56 Å². The maximum atomic E-state index is 10.9. The summed E-state index contributed by atoms with van der Waals surface area (Å²) in [6, 6.07) is 0. The molecule has 0 aromatic carbocycles. The lowest BCUT2D eigenvalue weighted by molar-refractivity contribution is -0.114. The van der Waals surface area contributed by atoms with Crippen molar-refractivity contribution < 1.29 is 4.79 Å². The van der Waals surface area contributed by atoms with Crippen molar-refractivity contribution in [2.45, 2.75) is 0 Å². The van der Waals surface area contributed by atoms with E-state index in [4.69, 9.17) is 5.41 Å². The Morgan fingerprint density at radius 3 is 2.60 bits per heavy atom. The van der Waals surface area contributed by atoms with Gasteiger partial charge in [0.25, 0.3) is 5.91 Å². The Balaban J connectivity index is 2.49. The first-order valence-corrected chi connectivity index (χ1v) is 3.72. The van der Waals surface area contributed by atoms with Crippen molar-refractivity contribution in [1.82, 2.24) is 15.6 Å². The average Bonchev–Trinajstić information content (AvgIpc) is 2.73. The predicted octanol–water partition coefficient (Wildman–Crippen LogP) is -3.44. The second kappa shape index (κ2) is 3.29. The third kappa shape index (κ3) is 1.57. The lowest BCUT2D eigenvalue weighted by Gasteiger charge is -1.83. The van der Waals surface area contributed by atoms with E-state index in [-0.39, 0.29) is 16.6 Å². The lowest BCUT2D eigenvalue weighted by atomic mass is 10.4. The van der Waals surface area contributed by atoms with Crippen molar-refractivity contribution >= 4 is 17.8 Å². The summed E-state index contributed by atoms with van der Waals surface area (Å²) in [7, 11) is 0. The number of hydrogen-bond donors (Lipinski definition) is 2. The van der Waals surface area contributed by atoms with Gasteiger partial charge in [0.1, 0.15) is 0 Å². The molecule has 0 atom stereocenters. The van der Waals surface area contributed by atoms with E-state index in [2.05, 4.69) is 30.9 Å². The summed E-state index contributed by atoms with van der Waals surface area (Å²) >= 11 is 0. The SMILES string of the molecule is N=c1nnc(=O)c1=NN=C1C=NNC1=O. The van der Waals surface area contributed by atoms with E-state index >= 15 is 0 Å². The number of hydrogen-bond acceptors (Lipinski definition) is 8. The van der Waals surface area contributed by atoms with Gasteiger partial charge in [-0.1, -0.05) is 0 Å². The third-order valence-electron chi connectivity index (χ3n) is 1.51. The normalized spacial score (nSPS) is 18.8. The zero-order valence-corrected chi connectivity index (χ0v) is 7.13. The molecule has 74 valence electrons. The van der Waals surface area contributed by atoms with Gasteiger partial charge in [-0.2, -0.15) is 5.10 Å². The number of rotatable bonds is 1. The highest BCUT2D eigenvalue weighted by atomic mass is 16.2. The molecule has 9 heteroatoms. The van der Waals surface area contributed by atoms with Gasteiger partial charge in [0.15, 0.2) is 11.1 Å². The van der Waals surface area contributed by atoms with Crippen LogP contribution in [0.3, 0.4) is 0 Å². The molecule has 0 fully saturated rings. The topological polar surface area (TPSA) is 133 Å². The second-order valence-corrected chi connectivity index (χ2v) is 2.49. The highest BCUT2D eigenvalue weighted by molar-refractivity contribution is 6.62. The van der Waals surface area contributed by atoms with Gasteiger partial charge in [0.2, 0.25) is 5.49 Å². The monoisotopic (exact) mass is 205 g/mol. The quantitative estimate of drug-likeness (QED) is 0.461. The molecule has 0 spiro atoms. The van der Waals surface area contributed by atoms with Crippen LogP contribution in [0.5, 0.6) is 0 Å². The molecule has 9 nitrogen and oxygen atoms in total. The molecule has 0 unspecified atom stereocenters. The number of nitrogens with one attached hydrogen (secondary N) is 2. The average molecular weight is 205 g/mol. The molecule has 2 N–H and O–H groups in total. The zero-order valence-electron chi connectivity index (χ0n) is 7.13. The lowest BCUT2D eigenvalue weighted by Crippen LogP contribution is -2.32. The molecule has 0 saturated carbocycles. The fourth-order valence-electron chi connectivity index (χ4n) is 0.825. The summed E-state index contributed by atoms with van der Waals surface area (Å²) < 4.78 is 0. The molecule has 1 amide bonds. The summed E-state index contributed by atoms with van der Waals surface area (Å²) in [5.41, 5.74) is 0.941. The standard InChI is InChI=1S/C6H3N7O2/c7-4-3(6(15)13-11-4)10-9-2-1-8-12-5(2)14/h1,7H,(H,9,12,14). The summed E-state index contributed by atoms with van der Waals surface area (Å²) in [5, 5.41) is 23.4. The minimum atomic E-state index is -0.750. The first kappa shape index (κ1) is 8.99. The largest absolute Gasteiger partial charge is 0.319 e. The highest BCUT2D eigenvalue weighted by Crippen LogP contribution is 1.83. The minimum absolute atomic E-state index is 0.0463. The van der Waals surface area contributed by atoms with Gasteiger partial charge in [-0.25, -0.2) is 5.43 Å². The van der Waals surface area contributed by atoms with Gasteiger partial charge < -0.3 is 0 Å². The number of nitrogens with zero attached hydrogens (tertiary/aromatic N) is 5. The maximum absolute atomic E-state index is 10.9. The van der Waals surface area contributed by atoms with E-state index in [1.165, 1.54) is 0 Å². The third-order valence-corrected chi connectivity index (χ3v) is 1.51. The van der Waals surface area contributed by atoms with Crippen molar-refractivity contribution in [1.29, 1.82) is 5.41 Å². The van der Waals surface area contributed by atoms with Gasteiger partial charge in [-0.05, 0) is 0 Å². The molecular formula is C6H3N7O2. The fraction of sp³-hybridized carbons (Fsp3) is 0. The molecular weight excluding hydrogens is 202 g/mol. The van der Waals surface area contributed by atoms with Crippen LogP contribution in [0.15, 0.2) is 20.1 Å². The van der Waals surface area contributed by atoms with Crippen molar-refractivity contribution in [2.24, 2.45) is 15.3 Å².